The Morgan fingerprint density at radius 1 is 1.15 bits per heavy atom. The highest BCUT2D eigenvalue weighted by Gasteiger charge is 2.32. The summed E-state index contributed by atoms with van der Waals surface area (Å²) in [5, 5.41) is 3.08. The number of methoxy groups -OCH3 is 1. The third kappa shape index (κ3) is 5.94. The molecule has 0 bridgehead atoms. The summed E-state index contributed by atoms with van der Waals surface area (Å²) in [6, 6.07) is 6.56. The van der Waals surface area contributed by atoms with Crippen LogP contribution in [0.1, 0.15) is 46.5 Å². The van der Waals surface area contributed by atoms with E-state index < -0.39 is 10.0 Å². The lowest BCUT2D eigenvalue weighted by Gasteiger charge is -2.31. The molecule has 1 aliphatic rings. The maximum atomic E-state index is 12.8. The molecular formula is C20H32N2O4S. The largest absolute Gasteiger partial charge is 0.497 e. The molecule has 0 aromatic heterocycles. The molecule has 1 fully saturated rings. The number of ether oxygens (including phenoxy) is 1. The smallest absolute Gasteiger partial charge is 0.243 e. The van der Waals surface area contributed by atoms with Gasteiger partial charge in [0.05, 0.1) is 12.0 Å². The van der Waals surface area contributed by atoms with E-state index in [-0.39, 0.29) is 22.8 Å². The highest BCUT2D eigenvalue weighted by molar-refractivity contribution is 7.89. The van der Waals surface area contributed by atoms with Crippen molar-refractivity contribution in [1.29, 1.82) is 0 Å². The van der Waals surface area contributed by atoms with Gasteiger partial charge in [0.2, 0.25) is 15.9 Å². The zero-order valence-corrected chi connectivity index (χ0v) is 17.6. The fraction of sp³-hybridized carbons (Fsp3) is 0.650. The monoisotopic (exact) mass is 396 g/mol. The molecule has 0 aliphatic carbocycles. The number of nitrogens with one attached hydrogen (secondary N) is 1. The quantitative estimate of drug-likeness (QED) is 0.733. The van der Waals surface area contributed by atoms with Gasteiger partial charge in [-0.2, -0.15) is 4.31 Å². The molecule has 0 saturated carbocycles. The summed E-state index contributed by atoms with van der Waals surface area (Å²) in [4.78, 5) is 12.7. The van der Waals surface area contributed by atoms with Crippen LogP contribution in [0.15, 0.2) is 29.2 Å². The number of carbonyl (C=O) groups is 1. The molecule has 6 nitrogen and oxygen atoms in total. The number of amides is 1. The van der Waals surface area contributed by atoms with Gasteiger partial charge in [-0.25, -0.2) is 8.42 Å². The second kappa shape index (κ2) is 9.55. The molecule has 1 heterocycles. The molecule has 1 amide bonds. The van der Waals surface area contributed by atoms with Crippen molar-refractivity contribution in [2.75, 3.05) is 20.2 Å². The van der Waals surface area contributed by atoms with E-state index >= 15 is 0 Å². The van der Waals surface area contributed by atoms with Crippen molar-refractivity contribution in [3.8, 4) is 5.75 Å². The minimum absolute atomic E-state index is 0.0488. The third-order valence-corrected chi connectivity index (χ3v) is 7.00. The second-order valence-corrected chi connectivity index (χ2v) is 9.67. The first kappa shape index (κ1) is 21.7. The van der Waals surface area contributed by atoms with Crippen molar-refractivity contribution < 1.29 is 17.9 Å². The standard InChI is InChI=1S/C20H32N2O4S/c1-15(2)5-6-16(3)21-20(23)17-11-13-22(14-12-17)27(24,25)19-9-7-18(26-4)8-10-19/h7-10,15-17H,5-6,11-14H2,1-4H3,(H,21,23). The summed E-state index contributed by atoms with van der Waals surface area (Å²) in [5.74, 6) is 1.17. The summed E-state index contributed by atoms with van der Waals surface area (Å²) in [5.41, 5.74) is 0. The van der Waals surface area contributed by atoms with Crippen LogP contribution >= 0.6 is 0 Å². The number of piperidine rings is 1. The van der Waals surface area contributed by atoms with Crippen molar-refractivity contribution in [2.24, 2.45) is 11.8 Å². The molecular weight excluding hydrogens is 364 g/mol. The zero-order valence-electron chi connectivity index (χ0n) is 16.8. The van der Waals surface area contributed by atoms with Crippen LogP contribution in [-0.4, -0.2) is 44.9 Å². The molecule has 7 heteroatoms. The summed E-state index contributed by atoms with van der Waals surface area (Å²) in [7, 11) is -1.99. The Labute approximate surface area is 163 Å². The molecule has 1 aromatic rings. The lowest BCUT2D eigenvalue weighted by atomic mass is 9.96. The Kier molecular flexibility index (Phi) is 7.68. The van der Waals surface area contributed by atoms with Crippen LogP contribution in [0.5, 0.6) is 5.75 Å². The Hall–Kier alpha value is -1.60. The summed E-state index contributed by atoms with van der Waals surface area (Å²) < 4.78 is 32.1. The van der Waals surface area contributed by atoms with Crippen molar-refractivity contribution in [3.63, 3.8) is 0 Å². The number of hydrogen-bond donors (Lipinski definition) is 1. The third-order valence-electron chi connectivity index (χ3n) is 5.09. The van der Waals surface area contributed by atoms with Crippen molar-refractivity contribution in [3.05, 3.63) is 24.3 Å². The van der Waals surface area contributed by atoms with Gasteiger partial charge in [-0.15, -0.1) is 0 Å². The molecule has 1 aliphatic heterocycles. The molecule has 1 atom stereocenters. The van der Waals surface area contributed by atoms with E-state index in [0.717, 1.165) is 12.8 Å². The van der Waals surface area contributed by atoms with Crippen molar-refractivity contribution in [2.45, 2.75) is 57.4 Å². The molecule has 1 N–H and O–H groups in total. The molecule has 1 unspecified atom stereocenters. The molecule has 1 saturated heterocycles. The molecule has 1 aromatic carbocycles. The first-order chi connectivity index (χ1) is 12.7. The van der Waals surface area contributed by atoms with Crippen LogP contribution in [0.25, 0.3) is 0 Å². The molecule has 27 heavy (non-hydrogen) atoms. The Bertz CT molecular complexity index is 708. The lowest BCUT2D eigenvalue weighted by molar-refractivity contribution is -0.126. The van der Waals surface area contributed by atoms with Gasteiger partial charge in [0.25, 0.3) is 0 Å². The SMILES string of the molecule is COc1ccc(S(=O)(=O)N2CCC(C(=O)NC(C)CCC(C)C)CC2)cc1. The van der Waals surface area contributed by atoms with Gasteiger partial charge in [-0.3, -0.25) is 4.79 Å². The maximum absolute atomic E-state index is 12.8. The fourth-order valence-electron chi connectivity index (χ4n) is 3.27. The topological polar surface area (TPSA) is 75.7 Å². The maximum Gasteiger partial charge on any atom is 0.243 e. The molecule has 152 valence electrons. The van der Waals surface area contributed by atoms with Gasteiger partial charge in [-0.05, 0) is 62.8 Å². The predicted molar refractivity (Wildman–Crippen MR) is 106 cm³/mol. The number of rotatable bonds is 8. The predicted octanol–water partition coefficient (Wildman–Crippen LogP) is 3.04. The van der Waals surface area contributed by atoms with Crippen LogP contribution in [0.3, 0.4) is 0 Å². The average molecular weight is 397 g/mol. The molecule has 2 rings (SSSR count). The average Bonchev–Trinajstić information content (AvgIpc) is 2.66. The Morgan fingerprint density at radius 3 is 2.26 bits per heavy atom. The van der Waals surface area contributed by atoms with Gasteiger partial charge in [0.15, 0.2) is 0 Å². The van der Waals surface area contributed by atoms with E-state index in [1.807, 2.05) is 6.92 Å². The van der Waals surface area contributed by atoms with Crippen LogP contribution in [0.4, 0.5) is 0 Å². The number of carbonyl (C=O) groups excluding carboxylic acids is 1. The first-order valence-corrected chi connectivity index (χ1v) is 11.1. The van der Waals surface area contributed by atoms with Crippen molar-refractivity contribution in [1.82, 2.24) is 9.62 Å². The number of hydrogen-bond acceptors (Lipinski definition) is 4. The summed E-state index contributed by atoms with van der Waals surface area (Å²) in [6.07, 6.45) is 3.16. The Balaban J connectivity index is 1.89. The highest BCUT2D eigenvalue weighted by Crippen LogP contribution is 2.25. The number of sulfonamides is 1. The lowest BCUT2D eigenvalue weighted by Crippen LogP contribution is -2.44. The fourth-order valence-corrected chi connectivity index (χ4v) is 4.74. The summed E-state index contributed by atoms with van der Waals surface area (Å²) in [6.45, 7) is 7.12. The van der Waals surface area contributed by atoms with Crippen LogP contribution in [0, 0.1) is 11.8 Å². The van der Waals surface area contributed by atoms with Crippen LogP contribution in [-0.2, 0) is 14.8 Å². The van der Waals surface area contributed by atoms with Gasteiger partial charge in [0, 0.05) is 25.0 Å². The molecule has 0 spiro atoms. The highest BCUT2D eigenvalue weighted by atomic mass is 32.2. The number of benzene rings is 1. The van der Waals surface area contributed by atoms with Gasteiger partial charge >= 0.3 is 0 Å². The van der Waals surface area contributed by atoms with Gasteiger partial charge < -0.3 is 10.1 Å². The van der Waals surface area contributed by atoms with E-state index in [2.05, 4.69) is 19.2 Å². The van der Waals surface area contributed by atoms with E-state index in [4.69, 9.17) is 4.74 Å². The van der Waals surface area contributed by atoms with Gasteiger partial charge in [0.1, 0.15) is 5.75 Å². The van der Waals surface area contributed by atoms with Crippen LogP contribution in [0.2, 0.25) is 0 Å². The van der Waals surface area contributed by atoms with E-state index in [9.17, 15) is 13.2 Å². The van der Waals surface area contributed by atoms with Gasteiger partial charge in [-0.1, -0.05) is 13.8 Å². The summed E-state index contributed by atoms with van der Waals surface area (Å²) >= 11 is 0. The first-order valence-electron chi connectivity index (χ1n) is 9.68. The second-order valence-electron chi connectivity index (χ2n) is 7.73. The van der Waals surface area contributed by atoms with Crippen molar-refractivity contribution >= 4 is 15.9 Å². The minimum atomic E-state index is -3.53. The molecule has 0 radical (unpaired) electrons. The Morgan fingerprint density at radius 2 is 1.74 bits per heavy atom. The van der Waals surface area contributed by atoms with E-state index in [0.29, 0.717) is 37.6 Å². The normalized spacial score (nSPS) is 17.7. The number of nitrogens with zero attached hydrogens (tertiary/aromatic N) is 1. The minimum Gasteiger partial charge on any atom is -0.497 e. The van der Waals surface area contributed by atoms with E-state index in [1.165, 1.54) is 4.31 Å². The van der Waals surface area contributed by atoms with Crippen LogP contribution < -0.4 is 10.1 Å². The zero-order chi connectivity index (χ0) is 20.0. The van der Waals surface area contributed by atoms with E-state index in [1.54, 1.807) is 31.4 Å².